The second-order valence-corrected chi connectivity index (χ2v) is 8.65. The summed E-state index contributed by atoms with van der Waals surface area (Å²) in [6, 6.07) is 5.78. The number of rotatable bonds is 4. The Hall–Kier alpha value is -2.37. The van der Waals surface area contributed by atoms with Crippen LogP contribution in [-0.4, -0.2) is 41.9 Å². The van der Waals surface area contributed by atoms with E-state index in [1.165, 1.54) is 0 Å². The number of amides is 2. The fourth-order valence-corrected chi connectivity index (χ4v) is 3.35. The number of piperidine rings is 1. The standard InChI is InChI=1S/C22H32N2O4/c1-14-8-7-9-15(2)18(14)23-19(25)16(3)28-20(26)17-10-12-24(13-11-17)21(27)22(4,5)6/h7-9,16-17H,10-13H2,1-6H3,(H,23,25)/t16-/m1/s1. The first-order valence-electron chi connectivity index (χ1n) is 9.87. The minimum atomic E-state index is -0.874. The monoisotopic (exact) mass is 388 g/mol. The van der Waals surface area contributed by atoms with Gasteiger partial charge in [0, 0.05) is 24.2 Å². The third-order valence-corrected chi connectivity index (χ3v) is 5.15. The zero-order valence-electron chi connectivity index (χ0n) is 17.8. The molecule has 0 aromatic heterocycles. The molecular weight excluding hydrogens is 356 g/mol. The van der Waals surface area contributed by atoms with Crippen LogP contribution in [0.15, 0.2) is 18.2 Å². The van der Waals surface area contributed by atoms with E-state index in [1.54, 1.807) is 11.8 Å². The summed E-state index contributed by atoms with van der Waals surface area (Å²) in [5.41, 5.74) is 2.25. The molecule has 154 valence electrons. The van der Waals surface area contributed by atoms with Gasteiger partial charge in [0.1, 0.15) is 0 Å². The molecule has 1 saturated heterocycles. The maximum absolute atomic E-state index is 12.5. The second-order valence-electron chi connectivity index (χ2n) is 8.65. The molecule has 0 unspecified atom stereocenters. The predicted octanol–water partition coefficient (Wildman–Crippen LogP) is 3.46. The van der Waals surface area contributed by atoms with E-state index in [1.807, 2.05) is 52.8 Å². The molecule has 1 aromatic rings. The zero-order chi connectivity index (χ0) is 21.1. The number of para-hydroxylation sites is 1. The van der Waals surface area contributed by atoms with Crippen LogP contribution in [0, 0.1) is 25.2 Å². The van der Waals surface area contributed by atoms with Crippen molar-refractivity contribution in [1.82, 2.24) is 4.90 Å². The van der Waals surface area contributed by atoms with Gasteiger partial charge in [-0.2, -0.15) is 0 Å². The van der Waals surface area contributed by atoms with E-state index >= 15 is 0 Å². The number of carbonyl (C=O) groups excluding carboxylic acids is 3. The lowest BCUT2D eigenvalue weighted by Crippen LogP contribution is -2.45. The molecular formula is C22H32N2O4. The molecule has 0 aliphatic carbocycles. The Morgan fingerprint density at radius 2 is 1.64 bits per heavy atom. The fourth-order valence-electron chi connectivity index (χ4n) is 3.35. The Balaban J connectivity index is 1.87. The van der Waals surface area contributed by atoms with E-state index in [0.717, 1.165) is 16.8 Å². The van der Waals surface area contributed by atoms with E-state index in [-0.39, 0.29) is 23.7 Å². The number of anilines is 1. The number of aryl methyl sites for hydroxylation is 2. The average molecular weight is 389 g/mol. The number of hydrogen-bond acceptors (Lipinski definition) is 4. The van der Waals surface area contributed by atoms with E-state index in [4.69, 9.17) is 4.74 Å². The van der Waals surface area contributed by atoms with Crippen molar-refractivity contribution < 1.29 is 19.1 Å². The third-order valence-electron chi connectivity index (χ3n) is 5.15. The smallest absolute Gasteiger partial charge is 0.309 e. The van der Waals surface area contributed by atoms with Crippen molar-refractivity contribution in [3.63, 3.8) is 0 Å². The zero-order valence-corrected chi connectivity index (χ0v) is 17.8. The summed E-state index contributed by atoms with van der Waals surface area (Å²) < 4.78 is 5.41. The van der Waals surface area contributed by atoms with Crippen molar-refractivity contribution in [2.24, 2.45) is 11.3 Å². The van der Waals surface area contributed by atoms with Gasteiger partial charge in [-0.05, 0) is 44.7 Å². The summed E-state index contributed by atoms with van der Waals surface area (Å²) in [6.45, 7) is 12.2. The van der Waals surface area contributed by atoms with Gasteiger partial charge in [0.15, 0.2) is 6.10 Å². The molecule has 6 heteroatoms. The SMILES string of the molecule is Cc1cccc(C)c1NC(=O)[C@@H](C)OC(=O)C1CCN(C(=O)C(C)(C)C)CC1. The minimum absolute atomic E-state index is 0.0978. The van der Waals surface area contributed by atoms with Gasteiger partial charge in [-0.1, -0.05) is 39.0 Å². The van der Waals surface area contributed by atoms with Crippen LogP contribution >= 0.6 is 0 Å². The summed E-state index contributed by atoms with van der Waals surface area (Å²) in [6.07, 6.45) is 0.248. The Labute approximate surface area is 167 Å². The number of nitrogens with one attached hydrogen (secondary N) is 1. The van der Waals surface area contributed by atoms with Crippen LogP contribution < -0.4 is 5.32 Å². The lowest BCUT2D eigenvalue weighted by Gasteiger charge is -2.35. The van der Waals surface area contributed by atoms with Crippen LogP contribution in [0.25, 0.3) is 0 Å². The third kappa shape index (κ3) is 5.33. The Morgan fingerprint density at radius 3 is 2.14 bits per heavy atom. The summed E-state index contributed by atoms with van der Waals surface area (Å²) in [7, 11) is 0. The van der Waals surface area contributed by atoms with Crippen molar-refractivity contribution in [2.75, 3.05) is 18.4 Å². The largest absolute Gasteiger partial charge is 0.452 e. The molecule has 0 radical (unpaired) electrons. The van der Waals surface area contributed by atoms with E-state index in [9.17, 15) is 14.4 Å². The molecule has 0 bridgehead atoms. The molecule has 1 N–H and O–H groups in total. The van der Waals surface area contributed by atoms with Gasteiger partial charge in [0.25, 0.3) is 5.91 Å². The molecule has 6 nitrogen and oxygen atoms in total. The first kappa shape index (κ1) is 21.9. The van der Waals surface area contributed by atoms with Gasteiger partial charge in [-0.15, -0.1) is 0 Å². The average Bonchev–Trinajstić information content (AvgIpc) is 2.63. The normalized spacial score (nSPS) is 16.4. The van der Waals surface area contributed by atoms with Gasteiger partial charge in [-0.25, -0.2) is 0 Å². The minimum Gasteiger partial charge on any atom is -0.452 e. The maximum atomic E-state index is 12.5. The van der Waals surface area contributed by atoms with Crippen LogP contribution in [0.5, 0.6) is 0 Å². The lowest BCUT2D eigenvalue weighted by atomic mass is 9.91. The molecule has 28 heavy (non-hydrogen) atoms. The Bertz CT molecular complexity index is 723. The van der Waals surface area contributed by atoms with Crippen molar-refractivity contribution >= 4 is 23.5 Å². The van der Waals surface area contributed by atoms with Crippen LogP contribution in [0.3, 0.4) is 0 Å². The van der Waals surface area contributed by atoms with Gasteiger partial charge in [-0.3, -0.25) is 14.4 Å². The number of esters is 1. The molecule has 0 saturated carbocycles. The van der Waals surface area contributed by atoms with E-state index in [0.29, 0.717) is 25.9 Å². The van der Waals surface area contributed by atoms with Crippen LogP contribution in [0.1, 0.15) is 51.7 Å². The number of carbonyl (C=O) groups is 3. The summed E-state index contributed by atoms with van der Waals surface area (Å²) in [5.74, 6) is -0.891. The van der Waals surface area contributed by atoms with Gasteiger partial charge >= 0.3 is 5.97 Å². The second kappa shape index (κ2) is 8.76. The Kier molecular flexibility index (Phi) is 6.86. The first-order valence-corrected chi connectivity index (χ1v) is 9.87. The molecule has 0 spiro atoms. The molecule has 1 fully saturated rings. The molecule has 1 aliphatic heterocycles. The quantitative estimate of drug-likeness (QED) is 0.802. The summed E-state index contributed by atoms with van der Waals surface area (Å²) in [5, 5.41) is 2.86. The van der Waals surface area contributed by atoms with Gasteiger partial charge in [0.2, 0.25) is 5.91 Å². The molecule has 1 atom stereocenters. The van der Waals surface area contributed by atoms with Gasteiger partial charge in [0.05, 0.1) is 5.92 Å². The number of ether oxygens (including phenoxy) is 1. The van der Waals surface area contributed by atoms with Crippen LogP contribution in [0.2, 0.25) is 0 Å². The number of nitrogens with zero attached hydrogens (tertiary/aromatic N) is 1. The number of hydrogen-bond donors (Lipinski definition) is 1. The highest BCUT2D eigenvalue weighted by atomic mass is 16.5. The summed E-state index contributed by atoms with van der Waals surface area (Å²) >= 11 is 0. The molecule has 2 rings (SSSR count). The molecule has 1 aromatic carbocycles. The Morgan fingerprint density at radius 1 is 1.11 bits per heavy atom. The molecule has 2 amide bonds. The van der Waals surface area contributed by atoms with E-state index < -0.39 is 11.5 Å². The van der Waals surface area contributed by atoms with Crippen molar-refractivity contribution in [3.05, 3.63) is 29.3 Å². The predicted molar refractivity (Wildman–Crippen MR) is 109 cm³/mol. The highest BCUT2D eigenvalue weighted by Gasteiger charge is 2.34. The van der Waals surface area contributed by atoms with Crippen molar-refractivity contribution in [1.29, 1.82) is 0 Å². The molecule has 1 heterocycles. The number of benzene rings is 1. The van der Waals surface area contributed by atoms with Gasteiger partial charge < -0.3 is 15.0 Å². The lowest BCUT2D eigenvalue weighted by molar-refractivity contribution is -0.160. The van der Waals surface area contributed by atoms with Crippen LogP contribution in [0.4, 0.5) is 5.69 Å². The highest BCUT2D eigenvalue weighted by Crippen LogP contribution is 2.25. The van der Waals surface area contributed by atoms with Crippen molar-refractivity contribution in [2.45, 2.75) is 60.5 Å². The summed E-state index contributed by atoms with van der Waals surface area (Å²) in [4.78, 5) is 39.1. The maximum Gasteiger partial charge on any atom is 0.309 e. The topological polar surface area (TPSA) is 75.7 Å². The van der Waals surface area contributed by atoms with Crippen molar-refractivity contribution in [3.8, 4) is 0 Å². The van der Waals surface area contributed by atoms with Crippen LogP contribution in [-0.2, 0) is 19.1 Å². The van der Waals surface area contributed by atoms with E-state index in [2.05, 4.69) is 5.32 Å². The fraction of sp³-hybridized carbons (Fsp3) is 0.591. The highest BCUT2D eigenvalue weighted by molar-refractivity contribution is 5.96. The first-order chi connectivity index (χ1) is 13.0. The number of likely N-dealkylation sites (tertiary alicyclic amines) is 1. The molecule has 1 aliphatic rings.